The van der Waals surface area contributed by atoms with Gasteiger partial charge in [-0.05, 0) is 30.2 Å². The Kier molecular flexibility index (Phi) is 4.89. The van der Waals surface area contributed by atoms with E-state index < -0.39 is 23.5 Å². The molecule has 0 saturated carbocycles. The van der Waals surface area contributed by atoms with Crippen LogP contribution in [0.25, 0.3) is 0 Å². The van der Waals surface area contributed by atoms with Crippen LogP contribution in [0.3, 0.4) is 0 Å². The number of carbonyl (C=O) groups excluding carboxylic acids is 1. The first kappa shape index (κ1) is 16.8. The van der Waals surface area contributed by atoms with Gasteiger partial charge >= 0.3 is 6.18 Å². The summed E-state index contributed by atoms with van der Waals surface area (Å²) in [5, 5.41) is 11.1. The maximum absolute atomic E-state index is 13.5. The molecule has 1 fully saturated rings. The quantitative estimate of drug-likeness (QED) is 0.527. The first-order valence-electron chi connectivity index (χ1n) is 6.77. The lowest BCUT2D eigenvalue weighted by molar-refractivity contribution is -0.137. The van der Waals surface area contributed by atoms with Crippen LogP contribution in [0.2, 0.25) is 0 Å². The number of nitrogens with zero attached hydrogens (tertiary/aromatic N) is 2. The summed E-state index contributed by atoms with van der Waals surface area (Å²) in [6.07, 6.45) is -0.750. The number of nitriles is 1. The Morgan fingerprint density at radius 1 is 1.43 bits per heavy atom. The smallest absolute Gasteiger partial charge is 0.348 e. The van der Waals surface area contributed by atoms with Gasteiger partial charge in [0.05, 0.1) is 5.56 Å². The minimum Gasteiger partial charge on any atom is -0.348 e. The highest BCUT2D eigenvalue weighted by atomic mass is 19.4. The molecule has 1 aliphatic rings. The van der Waals surface area contributed by atoms with Crippen LogP contribution >= 0.6 is 0 Å². The van der Waals surface area contributed by atoms with Crippen LogP contribution in [0, 0.1) is 17.3 Å². The zero-order valence-corrected chi connectivity index (χ0v) is 12.0. The van der Waals surface area contributed by atoms with Gasteiger partial charge in [0.15, 0.2) is 6.19 Å². The fourth-order valence-corrected chi connectivity index (χ4v) is 2.19. The highest BCUT2D eigenvalue weighted by Gasteiger charge is 2.31. The molecule has 1 aromatic rings. The number of benzene rings is 1. The Bertz CT molecular complexity index is 676. The third-order valence-corrected chi connectivity index (χ3v) is 3.40. The lowest BCUT2D eigenvalue weighted by atomic mass is 10.1. The Morgan fingerprint density at radius 3 is 2.78 bits per heavy atom. The topological polar surface area (TPSA) is 56.1 Å². The van der Waals surface area contributed by atoms with Crippen molar-refractivity contribution in [3.05, 3.63) is 46.8 Å². The van der Waals surface area contributed by atoms with Crippen LogP contribution < -0.4 is 5.32 Å². The van der Waals surface area contributed by atoms with Gasteiger partial charge in [0.1, 0.15) is 5.82 Å². The zero-order valence-electron chi connectivity index (χ0n) is 12.0. The average Bonchev–Trinajstić information content (AvgIpc) is 2.92. The van der Waals surface area contributed by atoms with Crippen molar-refractivity contribution in [2.75, 3.05) is 13.1 Å². The molecule has 122 valence electrons. The van der Waals surface area contributed by atoms with E-state index in [1.807, 2.05) is 6.19 Å². The summed E-state index contributed by atoms with van der Waals surface area (Å²) in [6, 6.07) is 2.05. The Balaban J connectivity index is 2.00. The van der Waals surface area contributed by atoms with Gasteiger partial charge in [-0.25, -0.2) is 4.39 Å². The first-order chi connectivity index (χ1) is 10.8. The molecule has 1 aromatic carbocycles. The van der Waals surface area contributed by atoms with E-state index in [9.17, 15) is 22.4 Å². The van der Waals surface area contributed by atoms with Gasteiger partial charge in [0, 0.05) is 31.3 Å². The second-order valence-corrected chi connectivity index (χ2v) is 5.10. The van der Waals surface area contributed by atoms with Gasteiger partial charge < -0.3 is 10.2 Å². The Morgan fingerprint density at radius 2 is 2.17 bits per heavy atom. The highest BCUT2D eigenvalue weighted by Crippen LogP contribution is 2.30. The van der Waals surface area contributed by atoms with Crippen molar-refractivity contribution in [1.82, 2.24) is 10.2 Å². The number of nitrogens with one attached hydrogen (secondary N) is 1. The fourth-order valence-electron chi connectivity index (χ4n) is 2.19. The molecule has 0 radical (unpaired) electrons. The largest absolute Gasteiger partial charge is 0.416 e. The molecule has 0 atom stereocenters. The van der Waals surface area contributed by atoms with Gasteiger partial charge in [-0.1, -0.05) is 0 Å². The minimum absolute atomic E-state index is 0.239. The van der Waals surface area contributed by atoms with Crippen molar-refractivity contribution >= 4 is 5.91 Å². The first-order valence-corrected chi connectivity index (χ1v) is 6.77. The minimum atomic E-state index is -4.57. The normalized spacial score (nSPS) is 16.5. The van der Waals surface area contributed by atoms with Crippen molar-refractivity contribution in [3.63, 3.8) is 0 Å². The van der Waals surface area contributed by atoms with Crippen molar-refractivity contribution < 1.29 is 22.4 Å². The van der Waals surface area contributed by atoms with E-state index in [-0.39, 0.29) is 12.1 Å². The fraction of sp³-hybridized carbons (Fsp3) is 0.333. The number of carbonyl (C=O) groups is 1. The molecule has 0 aromatic heterocycles. The zero-order chi connectivity index (χ0) is 17.0. The molecular weight excluding hydrogens is 314 g/mol. The second kappa shape index (κ2) is 6.69. The predicted molar refractivity (Wildman–Crippen MR) is 73.1 cm³/mol. The molecule has 4 nitrogen and oxygen atoms in total. The molecule has 0 aliphatic carbocycles. The molecule has 1 amide bonds. The molecule has 1 heterocycles. The van der Waals surface area contributed by atoms with Crippen molar-refractivity contribution in [2.45, 2.75) is 19.1 Å². The SMILES string of the molecule is N#CN1CC/C(=C/C(=O)NCc2cc(C(F)(F)F)ccc2F)C1. The van der Waals surface area contributed by atoms with Crippen LogP contribution in [0.4, 0.5) is 17.6 Å². The average molecular weight is 327 g/mol. The Labute approximate surface area is 130 Å². The van der Waals surface area contributed by atoms with E-state index in [2.05, 4.69) is 5.32 Å². The number of amides is 1. The van der Waals surface area contributed by atoms with Gasteiger partial charge in [-0.2, -0.15) is 18.4 Å². The number of halogens is 4. The molecule has 23 heavy (non-hydrogen) atoms. The highest BCUT2D eigenvalue weighted by molar-refractivity contribution is 5.88. The molecule has 0 spiro atoms. The van der Waals surface area contributed by atoms with Crippen molar-refractivity contribution in [2.24, 2.45) is 0 Å². The van der Waals surface area contributed by atoms with Crippen LogP contribution in [0.15, 0.2) is 29.8 Å². The summed E-state index contributed by atoms with van der Waals surface area (Å²) >= 11 is 0. The van der Waals surface area contributed by atoms with E-state index in [1.165, 1.54) is 11.0 Å². The molecule has 1 aliphatic heterocycles. The van der Waals surface area contributed by atoms with E-state index in [4.69, 9.17) is 5.26 Å². The summed E-state index contributed by atoms with van der Waals surface area (Å²) in [4.78, 5) is 13.2. The number of likely N-dealkylation sites (tertiary alicyclic amines) is 1. The van der Waals surface area contributed by atoms with Crippen molar-refractivity contribution in [1.29, 1.82) is 5.26 Å². The Hall–Kier alpha value is -2.56. The van der Waals surface area contributed by atoms with Crippen LogP contribution in [-0.2, 0) is 17.5 Å². The van der Waals surface area contributed by atoms with E-state index in [0.29, 0.717) is 31.6 Å². The number of hydrogen-bond donors (Lipinski definition) is 1. The van der Waals surface area contributed by atoms with Gasteiger partial charge in [0.25, 0.3) is 0 Å². The lowest BCUT2D eigenvalue weighted by Crippen LogP contribution is -2.22. The number of rotatable bonds is 3. The number of hydrogen-bond acceptors (Lipinski definition) is 3. The maximum Gasteiger partial charge on any atom is 0.416 e. The third kappa shape index (κ3) is 4.45. The van der Waals surface area contributed by atoms with Crippen LogP contribution in [0.5, 0.6) is 0 Å². The molecule has 8 heteroatoms. The van der Waals surface area contributed by atoms with Gasteiger partial charge in [-0.3, -0.25) is 4.79 Å². The van der Waals surface area contributed by atoms with E-state index >= 15 is 0 Å². The maximum atomic E-state index is 13.5. The lowest BCUT2D eigenvalue weighted by Gasteiger charge is -2.10. The second-order valence-electron chi connectivity index (χ2n) is 5.10. The molecular formula is C15H13F4N3O. The van der Waals surface area contributed by atoms with Crippen LogP contribution in [-0.4, -0.2) is 23.9 Å². The molecule has 1 N–H and O–H groups in total. The third-order valence-electron chi connectivity index (χ3n) is 3.40. The van der Waals surface area contributed by atoms with E-state index in [1.54, 1.807) is 0 Å². The standard InChI is InChI=1S/C15H13F4N3O/c16-13-2-1-12(15(17,18)19)6-11(13)7-21-14(23)5-10-3-4-22(8-10)9-20/h1-2,5-6H,3-4,7-8H2,(H,21,23)/b10-5-. The monoisotopic (exact) mass is 327 g/mol. The summed E-state index contributed by atoms with van der Waals surface area (Å²) in [7, 11) is 0. The summed E-state index contributed by atoms with van der Waals surface area (Å²) < 4.78 is 51.3. The van der Waals surface area contributed by atoms with Crippen LogP contribution in [0.1, 0.15) is 17.5 Å². The molecule has 0 bridgehead atoms. The molecule has 2 rings (SSSR count). The number of alkyl halides is 3. The van der Waals surface area contributed by atoms with Crippen molar-refractivity contribution in [3.8, 4) is 6.19 Å². The molecule has 0 unspecified atom stereocenters. The summed E-state index contributed by atoms with van der Waals surface area (Å²) in [6.45, 7) is 0.528. The van der Waals surface area contributed by atoms with Gasteiger partial charge in [-0.15, -0.1) is 0 Å². The van der Waals surface area contributed by atoms with E-state index in [0.717, 1.165) is 11.6 Å². The summed E-state index contributed by atoms with van der Waals surface area (Å²) in [5.41, 5.74) is -0.466. The predicted octanol–water partition coefficient (Wildman–Crippen LogP) is 2.57. The van der Waals surface area contributed by atoms with Gasteiger partial charge in [0.2, 0.25) is 5.91 Å². The molecule has 1 saturated heterocycles. The summed E-state index contributed by atoms with van der Waals surface area (Å²) in [5.74, 6) is -1.35.